The average molecular weight is 313 g/mol. The van der Waals surface area contributed by atoms with Gasteiger partial charge in [-0.3, -0.25) is 0 Å². The molecule has 1 saturated heterocycles. The van der Waals surface area contributed by atoms with Crippen LogP contribution in [0.4, 0.5) is 5.82 Å². The fourth-order valence-electron chi connectivity index (χ4n) is 3.01. The van der Waals surface area contributed by atoms with Crippen LogP contribution in [0.3, 0.4) is 0 Å². The lowest BCUT2D eigenvalue weighted by Gasteiger charge is -2.19. The van der Waals surface area contributed by atoms with Crippen molar-refractivity contribution < 1.29 is 14.3 Å². The first-order valence-electron chi connectivity index (χ1n) is 7.38. The molecule has 23 heavy (non-hydrogen) atoms. The van der Waals surface area contributed by atoms with Gasteiger partial charge in [-0.2, -0.15) is 9.50 Å². The number of furan rings is 1. The Labute approximate surface area is 131 Å². The maximum atomic E-state index is 11.1. The highest BCUT2D eigenvalue weighted by atomic mass is 16.4. The number of carboxylic acid groups (broad SMARTS) is 1. The summed E-state index contributed by atoms with van der Waals surface area (Å²) in [6.07, 6.45) is 2.65. The Balaban J connectivity index is 1.72. The van der Waals surface area contributed by atoms with E-state index in [0.29, 0.717) is 11.7 Å². The summed E-state index contributed by atoms with van der Waals surface area (Å²) in [6.45, 7) is 3.49. The van der Waals surface area contributed by atoms with Crippen LogP contribution in [0.1, 0.15) is 34.4 Å². The highest BCUT2D eigenvalue weighted by Crippen LogP contribution is 2.31. The molecule has 0 aliphatic carbocycles. The second-order valence-corrected chi connectivity index (χ2v) is 5.66. The van der Waals surface area contributed by atoms with Crippen LogP contribution in [0.15, 0.2) is 28.9 Å². The first kappa shape index (κ1) is 13.7. The number of aromatic nitrogens is 4. The summed E-state index contributed by atoms with van der Waals surface area (Å²) in [7, 11) is 0. The molecule has 1 atom stereocenters. The minimum absolute atomic E-state index is 0.244. The maximum Gasteiger partial charge on any atom is 0.375 e. The van der Waals surface area contributed by atoms with Crippen molar-refractivity contribution in [1.82, 2.24) is 19.6 Å². The molecule has 1 fully saturated rings. The van der Waals surface area contributed by atoms with E-state index in [0.717, 1.165) is 36.8 Å². The van der Waals surface area contributed by atoms with Crippen molar-refractivity contribution in [3.8, 4) is 0 Å². The molecule has 8 heteroatoms. The van der Waals surface area contributed by atoms with Crippen LogP contribution in [0.25, 0.3) is 5.78 Å². The third-order valence-corrected chi connectivity index (χ3v) is 4.07. The predicted octanol–water partition coefficient (Wildman–Crippen LogP) is 1.72. The maximum absolute atomic E-state index is 11.1. The molecule has 0 bridgehead atoms. The number of aromatic carboxylic acids is 1. The summed E-state index contributed by atoms with van der Waals surface area (Å²) >= 11 is 0. The standard InChI is InChI=1S/C15H15N5O3/c1-9-7-12(20-15(16-9)17-13(18-20)14(21)22)19-5-4-10(8-19)11-3-2-6-23-11/h2-3,6-7,10H,4-5,8H2,1H3,(H,21,22). The molecular formula is C15H15N5O3. The van der Waals surface area contributed by atoms with E-state index in [9.17, 15) is 4.79 Å². The molecule has 1 aliphatic rings. The van der Waals surface area contributed by atoms with E-state index in [1.807, 2.05) is 25.1 Å². The van der Waals surface area contributed by atoms with Crippen molar-refractivity contribution in [2.45, 2.75) is 19.3 Å². The summed E-state index contributed by atoms with van der Waals surface area (Å²) < 4.78 is 7.00. The number of nitrogens with zero attached hydrogens (tertiary/aromatic N) is 5. The van der Waals surface area contributed by atoms with Crippen LogP contribution in [0, 0.1) is 6.92 Å². The zero-order valence-electron chi connectivity index (χ0n) is 12.5. The van der Waals surface area contributed by atoms with Crippen LogP contribution in [0.2, 0.25) is 0 Å². The molecule has 0 amide bonds. The lowest BCUT2D eigenvalue weighted by Crippen LogP contribution is -2.22. The Bertz CT molecular complexity index is 871. The van der Waals surface area contributed by atoms with E-state index < -0.39 is 5.97 Å². The van der Waals surface area contributed by atoms with Gasteiger partial charge in [-0.15, -0.1) is 5.10 Å². The minimum Gasteiger partial charge on any atom is -0.475 e. The van der Waals surface area contributed by atoms with E-state index in [1.165, 1.54) is 4.52 Å². The molecule has 0 radical (unpaired) electrons. The highest BCUT2D eigenvalue weighted by Gasteiger charge is 2.28. The van der Waals surface area contributed by atoms with Crippen LogP contribution in [0.5, 0.6) is 0 Å². The van der Waals surface area contributed by atoms with Gasteiger partial charge in [0.15, 0.2) is 0 Å². The highest BCUT2D eigenvalue weighted by molar-refractivity contribution is 5.83. The first-order chi connectivity index (χ1) is 11.1. The zero-order chi connectivity index (χ0) is 16.0. The van der Waals surface area contributed by atoms with Crippen LogP contribution in [-0.4, -0.2) is 43.7 Å². The number of carbonyl (C=O) groups is 1. The number of anilines is 1. The van der Waals surface area contributed by atoms with Crippen molar-refractivity contribution in [2.75, 3.05) is 18.0 Å². The zero-order valence-corrected chi connectivity index (χ0v) is 12.5. The Morgan fingerprint density at radius 3 is 3.04 bits per heavy atom. The molecule has 4 rings (SSSR count). The van der Waals surface area contributed by atoms with Crippen LogP contribution in [-0.2, 0) is 0 Å². The van der Waals surface area contributed by atoms with Gasteiger partial charge in [0.2, 0.25) is 0 Å². The Kier molecular flexibility index (Phi) is 3.03. The monoisotopic (exact) mass is 313 g/mol. The van der Waals surface area contributed by atoms with Crippen LogP contribution >= 0.6 is 0 Å². The van der Waals surface area contributed by atoms with E-state index in [1.54, 1.807) is 6.26 Å². The van der Waals surface area contributed by atoms with E-state index in [4.69, 9.17) is 9.52 Å². The minimum atomic E-state index is -1.16. The predicted molar refractivity (Wildman–Crippen MR) is 80.8 cm³/mol. The number of aryl methyl sites for hydroxylation is 1. The third-order valence-electron chi connectivity index (χ3n) is 4.07. The number of hydrogen-bond acceptors (Lipinski definition) is 6. The average Bonchev–Trinajstić information content (AvgIpc) is 3.25. The summed E-state index contributed by atoms with van der Waals surface area (Å²) in [4.78, 5) is 21.5. The second kappa shape index (κ2) is 5.08. The molecular weight excluding hydrogens is 298 g/mol. The van der Waals surface area contributed by atoms with Crippen molar-refractivity contribution >= 4 is 17.6 Å². The van der Waals surface area contributed by atoms with Gasteiger partial charge in [0.25, 0.3) is 11.6 Å². The molecule has 3 aromatic heterocycles. The number of rotatable bonds is 3. The molecule has 8 nitrogen and oxygen atoms in total. The molecule has 1 unspecified atom stereocenters. The van der Waals surface area contributed by atoms with Crippen molar-refractivity contribution in [2.24, 2.45) is 0 Å². The van der Waals surface area contributed by atoms with E-state index in [2.05, 4.69) is 20.0 Å². The number of fused-ring (bicyclic) bond motifs is 1. The van der Waals surface area contributed by atoms with Gasteiger partial charge in [0.1, 0.15) is 11.6 Å². The topological polar surface area (TPSA) is 96.8 Å². The molecule has 0 saturated carbocycles. The normalized spacial score (nSPS) is 18.0. The Morgan fingerprint density at radius 2 is 2.30 bits per heavy atom. The van der Waals surface area contributed by atoms with Gasteiger partial charge in [0, 0.05) is 30.8 Å². The summed E-state index contributed by atoms with van der Waals surface area (Å²) in [5.41, 5.74) is 0.776. The lowest BCUT2D eigenvalue weighted by atomic mass is 10.1. The van der Waals surface area contributed by atoms with Crippen molar-refractivity contribution in [1.29, 1.82) is 0 Å². The Morgan fingerprint density at radius 1 is 1.43 bits per heavy atom. The molecule has 4 heterocycles. The summed E-state index contributed by atoms with van der Waals surface area (Å²) in [5.74, 6) is 0.996. The largest absolute Gasteiger partial charge is 0.475 e. The SMILES string of the molecule is Cc1cc(N2CCC(c3ccco3)C2)n2nc(C(=O)O)nc2n1. The van der Waals surface area contributed by atoms with Gasteiger partial charge in [-0.1, -0.05) is 0 Å². The molecule has 0 spiro atoms. The molecule has 1 N–H and O–H groups in total. The lowest BCUT2D eigenvalue weighted by molar-refractivity contribution is 0.0684. The van der Waals surface area contributed by atoms with Gasteiger partial charge in [-0.25, -0.2) is 9.78 Å². The van der Waals surface area contributed by atoms with Gasteiger partial charge >= 0.3 is 5.97 Å². The fourth-order valence-corrected chi connectivity index (χ4v) is 3.01. The number of hydrogen-bond donors (Lipinski definition) is 1. The first-order valence-corrected chi connectivity index (χ1v) is 7.38. The quantitative estimate of drug-likeness (QED) is 0.786. The van der Waals surface area contributed by atoms with Crippen LogP contribution < -0.4 is 4.90 Å². The van der Waals surface area contributed by atoms with E-state index in [-0.39, 0.29) is 5.82 Å². The fraction of sp³-hybridized carbons (Fsp3) is 0.333. The summed E-state index contributed by atoms with van der Waals surface area (Å²) in [6, 6.07) is 5.78. The third kappa shape index (κ3) is 2.32. The second-order valence-electron chi connectivity index (χ2n) is 5.66. The smallest absolute Gasteiger partial charge is 0.375 e. The van der Waals surface area contributed by atoms with E-state index >= 15 is 0 Å². The molecule has 1 aliphatic heterocycles. The van der Waals surface area contributed by atoms with Gasteiger partial charge in [0.05, 0.1) is 6.26 Å². The molecule has 3 aromatic rings. The van der Waals surface area contributed by atoms with Crippen molar-refractivity contribution in [3.63, 3.8) is 0 Å². The molecule has 0 aromatic carbocycles. The number of carboxylic acids is 1. The summed E-state index contributed by atoms with van der Waals surface area (Å²) in [5, 5.41) is 13.2. The van der Waals surface area contributed by atoms with Gasteiger partial charge in [-0.05, 0) is 25.5 Å². The molecule has 118 valence electrons. The van der Waals surface area contributed by atoms with Gasteiger partial charge < -0.3 is 14.4 Å². The Hall–Kier alpha value is -2.90. The van der Waals surface area contributed by atoms with Crippen molar-refractivity contribution in [3.05, 3.63) is 41.7 Å².